The van der Waals surface area contributed by atoms with E-state index < -0.39 is 17.4 Å². The number of alkyl halides is 3. The molecule has 1 amide bonds. The lowest BCUT2D eigenvalue weighted by Gasteiger charge is -2.46. The zero-order valence-corrected chi connectivity index (χ0v) is 15.7. The Morgan fingerprint density at radius 2 is 1.79 bits per heavy atom. The van der Waals surface area contributed by atoms with E-state index in [2.05, 4.69) is 10.6 Å². The van der Waals surface area contributed by atoms with Gasteiger partial charge in [-0.05, 0) is 29.8 Å². The fourth-order valence-electron chi connectivity index (χ4n) is 3.91. The van der Waals surface area contributed by atoms with Crippen LogP contribution in [0, 0.1) is 0 Å². The normalized spacial score (nSPS) is 19.1. The van der Waals surface area contributed by atoms with E-state index in [1.807, 2.05) is 4.90 Å². The van der Waals surface area contributed by atoms with Gasteiger partial charge in [-0.3, -0.25) is 9.69 Å². The number of amides is 1. The van der Waals surface area contributed by atoms with Gasteiger partial charge in [-0.2, -0.15) is 13.2 Å². The molecule has 1 saturated heterocycles. The summed E-state index contributed by atoms with van der Waals surface area (Å²) in [6.45, 7) is 1.35. The highest BCUT2D eigenvalue weighted by Crippen LogP contribution is 2.35. The number of carbonyl (C=O) groups excluding carboxylic acids is 1. The van der Waals surface area contributed by atoms with E-state index in [1.165, 1.54) is 12.1 Å². The molecule has 0 atom stereocenters. The molecule has 2 aliphatic heterocycles. The number of rotatable bonds is 2. The molecule has 1 fully saturated rings. The highest BCUT2D eigenvalue weighted by atomic mass is 35.5. The number of benzene rings is 2. The van der Waals surface area contributed by atoms with Crippen molar-refractivity contribution in [2.45, 2.75) is 31.2 Å². The molecule has 1 spiro atoms. The van der Waals surface area contributed by atoms with Crippen LogP contribution >= 0.6 is 11.6 Å². The van der Waals surface area contributed by atoms with Gasteiger partial charge in [0.2, 0.25) is 0 Å². The molecule has 4 nitrogen and oxygen atoms in total. The topological polar surface area (TPSA) is 44.4 Å². The van der Waals surface area contributed by atoms with Crippen LogP contribution in [0.3, 0.4) is 0 Å². The van der Waals surface area contributed by atoms with E-state index in [9.17, 15) is 18.0 Å². The molecule has 0 radical (unpaired) electrons. The molecular formula is C20H19ClF3N3O. The lowest BCUT2D eigenvalue weighted by molar-refractivity contribution is -0.138. The fraction of sp³-hybridized carbons (Fsp3) is 0.350. The van der Waals surface area contributed by atoms with Crippen LogP contribution in [-0.4, -0.2) is 29.6 Å². The van der Waals surface area contributed by atoms with Crippen molar-refractivity contribution in [1.82, 2.24) is 10.2 Å². The summed E-state index contributed by atoms with van der Waals surface area (Å²) in [6, 6.07) is 10.7. The summed E-state index contributed by atoms with van der Waals surface area (Å²) < 4.78 is 39.7. The van der Waals surface area contributed by atoms with Crippen LogP contribution in [0.2, 0.25) is 5.02 Å². The molecule has 2 aromatic carbocycles. The maximum Gasteiger partial charge on any atom is 0.416 e. The minimum atomic E-state index is -4.37. The molecule has 28 heavy (non-hydrogen) atoms. The number of hydrogen-bond acceptors (Lipinski definition) is 3. The number of piperidine rings is 1. The van der Waals surface area contributed by atoms with Gasteiger partial charge in [0.05, 0.1) is 16.8 Å². The minimum absolute atomic E-state index is 0.165. The molecule has 0 bridgehead atoms. The van der Waals surface area contributed by atoms with Crippen LogP contribution in [0.4, 0.5) is 18.9 Å². The van der Waals surface area contributed by atoms with E-state index in [-0.39, 0.29) is 18.0 Å². The van der Waals surface area contributed by atoms with Gasteiger partial charge in [-0.1, -0.05) is 29.8 Å². The molecule has 2 aromatic rings. The summed E-state index contributed by atoms with van der Waals surface area (Å²) in [4.78, 5) is 14.4. The Kier molecular flexibility index (Phi) is 4.75. The maximum absolute atomic E-state index is 13.2. The highest BCUT2D eigenvalue weighted by molar-refractivity contribution is 6.31. The lowest BCUT2D eigenvalue weighted by atomic mass is 9.92. The standard InChI is InChI=1S/C20H19ClF3N3O/c21-14-5-6-15-17(11-14)25-19(26-18(15)28)7-9-27(10-8-19)12-13-3-1-2-4-16(13)20(22,23)24/h1-6,11,25H,7-10,12H2,(H,26,28). The Labute approximate surface area is 165 Å². The fourth-order valence-corrected chi connectivity index (χ4v) is 4.08. The molecule has 148 valence electrons. The second kappa shape index (κ2) is 6.97. The van der Waals surface area contributed by atoms with Crippen molar-refractivity contribution in [1.29, 1.82) is 0 Å². The van der Waals surface area contributed by atoms with E-state index in [1.54, 1.807) is 24.3 Å². The first-order valence-electron chi connectivity index (χ1n) is 9.03. The van der Waals surface area contributed by atoms with Crippen LogP contribution in [0.15, 0.2) is 42.5 Å². The van der Waals surface area contributed by atoms with Gasteiger partial charge < -0.3 is 10.6 Å². The number of anilines is 1. The molecule has 0 saturated carbocycles. The summed E-state index contributed by atoms with van der Waals surface area (Å²) in [5, 5.41) is 6.95. The number of nitrogens with zero attached hydrogens (tertiary/aromatic N) is 1. The van der Waals surface area contributed by atoms with Gasteiger partial charge in [0.25, 0.3) is 5.91 Å². The largest absolute Gasteiger partial charge is 0.416 e. The van der Waals surface area contributed by atoms with E-state index >= 15 is 0 Å². The monoisotopic (exact) mass is 409 g/mol. The molecule has 0 aliphatic carbocycles. The van der Waals surface area contributed by atoms with Crippen molar-refractivity contribution in [2.24, 2.45) is 0 Å². The molecule has 4 rings (SSSR count). The maximum atomic E-state index is 13.2. The van der Waals surface area contributed by atoms with Crippen LogP contribution in [0.5, 0.6) is 0 Å². The zero-order chi connectivity index (χ0) is 19.9. The summed E-state index contributed by atoms with van der Waals surface area (Å²) in [7, 11) is 0. The number of hydrogen-bond donors (Lipinski definition) is 2. The van der Waals surface area contributed by atoms with Crippen molar-refractivity contribution in [2.75, 3.05) is 18.4 Å². The zero-order valence-electron chi connectivity index (χ0n) is 14.9. The number of fused-ring (bicyclic) bond motifs is 1. The van der Waals surface area contributed by atoms with Crippen molar-refractivity contribution in [3.63, 3.8) is 0 Å². The quantitative estimate of drug-likeness (QED) is 0.767. The number of likely N-dealkylation sites (tertiary alicyclic amines) is 1. The molecular weight excluding hydrogens is 391 g/mol. The summed E-state index contributed by atoms with van der Waals surface area (Å²) in [5.41, 5.74) is 0.296. The molecule has 2 N–H and O–H groups in total. The molecule has 8 heteroatoms. The Morgan fingerprint density at radius 3 is 2.50 bits per heavy atom. The number of nitrogens with one attached hydrogen (secondary N) is 2. The average molecular weight is 410 g/mol. The van der Waals surface area contributed by atoms with Crippen molar-refractivity contribution >= 4 is 23.2 Å². The SMILES string of the molecule is O=C1NC2(CCN(Cc3ccccc3C(F)(F)F)CC2)Nc2cc(Cl)ccc21. The first-order chi connectivity index (χ1) is 13.3. The molecule has 2 aliphatic rings. The predicted octanol–water partition coefficient (Wildman–Crippen LogP) is 4.51. The molecule has 0 aromatic heterocycles. The minimum Gasteiger partial charge on any atom is -0.362 e. The van der Waals surface area contributed by atoms with Gasteiger partial charge in [0.15, 0.2) is 0 Å². The Morgan fingerprint density at radius 1 is 1.07 bits per heavy atom. The smallest absolute Gasteiger partial charge is 0.362 e. The third kappa shape index (κ3) is 3.69. The van der Waals surface area contributed by atoms with Gasteiger partial charge in [0.1, 0.15) is 5.66 Å². The average Bonchev–Trinajstić information content (AvgIpc) is 2.63. The van der Waals surface area contributed by atoms with E-state index in [4.69, 9.17) is 11.6 Å². The van der Waals surface area contributed by atoms with Crippen LogP contribution < -0.4 is 10.6 Å². The number of halogens is 4. The van der Waals surface area contributed by atoms with Crippen molar-refractivity contribution < 1.29 is 18.0 Å². The first kappa shape index (κ1) is 19.1. The summed E-state index contributed by atoms with van der Waals surface area (Å²) in [5.74, 6) is -0.165. The Hall–Kier alpha value is -2.25. The van der Waals surface area contributed by atoms with Gasteiger partial charge in [0, 0.05) is 37.5 Å². The van der Waals surface area contributed by atoms with Crippen LogP contribution in [0.1, 0.15) is 34.3 Å². The predicted molar refractivity (Wildman–Crippen MR) is 101 cm³/mol. The van der Waals surface area contributed by atoms with Gasteiger partial charge >= 0.3 is 6.18 Å². The highest BCUT2D eigenvalue weighted by Gasteiger charge is 2.40. The first-order valence-corrected chi connectivity index (χ1v) is 9.41. The van der Waals surface area contributed by atoms with Gasteiger partial charge in [-0.25, -0.2) is 0 Å². The van der Waals surface area contributed by atoms with Crippen LogP contribution in [0.25, 0.3) is 0 Å². The second-order valence-corrected chi connectivity index (χ2v) is 7.72. The third-order valence-electron chi connectivity index (χ3n) is 5.38. The lowest BCUT2D eigenvalue weighted by Crippen LogP contribution is -2.62. The third-order valence-corrected chi connectivity index (χ3v) is 5.61. The Bertz CT molecular complexity index is 908. The van der Waals surface area contributed by atoms with E-state index in [0.29, 0.717) is 42.2 Å². The second-order valence-electron chi connectivity index (χ2n) is 7.28. The van der Waals surface area contributed by atoms with Crippen LogP contribution in [-0.2, 0) is 12.7 Å². The number of carbonyl (C=O) groups is 1. The van der Waals surface area contributed by atoms with Crippen molar-refractivity contribution in [3.8, 4) is 0 Å². The summed E-state index contributed by atoms with van der Waals surface area (Å²) in [6.07, 6.45) is -3.20. The van der Waals surface area contributed by atoms with Gasteiger partial charge in [-0.15, -0.1) is 0 Å². The summed E-state index contributed by atoms with van der Waals surface area (Å²) >= 11 is 6.04. The molecule has 2 heterocycles. The molecule has 0 unspecified atom stereocenters. The van der Waals surface area contributed by atoms with E-state index in [0.717, 1.165) is 6.07 Å². The Balaban J connectivity index is 1.47. The van der Waals surface area contributed by atoms with Crippen molar-refractivity contribution in [3.05, 3.63) is 64.2 Å².